The smallest absolute Gasteiger partial charge is 0.0656 e. The summed E-state index contributed by atoms with van der Waals surface area (Å²) >= 11 is 0. The number of hydrogen-bond donors (Lipinski definition) is 2. The molecule has 3 N–H and O–H groups in total. The largest absolute Gasteiger partial charge is 0.329 e. The summed E-state index contributed by atoms with van der Waals surface area (Å²) in [6.07, 6.45) is 6.52. The maximum atomic E-state index is 5.84. The Bertz CT molecular complexity index is 369. The van der Waals surface area contributed by atoms with Gasteiger partial charge in [0, 0.05) is 30.7 Å². The van der Waals surface area contributed by atoms with Crippen molar-refractivity contribution in [3.05, 3.63) is 17.5 Å². The van der Waals surface area contributed by atoms with Crippen molar-refractivity contribution >= 4 is 0 Å². The quantitative estimate of drug-likeness (QED) is 0.832. The zero-order chi connectivity index (χ0) is 11.7. The van der Waals surface area contributed by atoms with Crippen LogP contribution in [0, 0.1) is 0 Å². The first kappa shape index (κ1) is 11.2. The minimum atomic E-state index is 0.566. The molecule has 0 unspecified atom stereocenters. The van der Waals surface area contributed by atoms with Crippen molar-refractivity contribution in [1.82, 2.24) is 15.1 Å². The summed E-state index contributed by atoms with van der Waals surface area (Å²) < 4.78 is 0. The van der Waals surface area contributed by atoms with Crippen molar-refractivity contribution in [2.24, 2.45) is 5.73 Å². The van der Waals surface area contributed by atoms with E-state index in [1.807, 2.05) is 0 Å². The number of H-pyrrole nitrogens is 1. The molecule has 0 amide bonds. The van der Waals surface area contributed by atoms with Crippen LogP contribution in [0.25, 0.3) is 0 Å². The van der Waals surface area contributed by atoms with Gasteiger partial charge in [-0.1, -0.05) is 6.42 Å². The Morgan fingerprint density at radius 2 is 2.24 bits per heavy atom. The highest BCUT2D eigenvalue weighted by Gasteiger charge is 2.27. The average molecular weight is 234 g/mol. The number of nitrogens with zero attached hydrogens (tertiary/aromatic N) is 2. The Hall–Kier alpha value is -0.870. The van der Waals surface area contributed by atoms with Crippen LogP contribution in [0.3, 0.4) is 0 Å². The molecule has 1 aliphatic heterocycles. The van der Waals surface area contributed by atoms with E-state index in [4.69, 9.17) is 5.73 Å². The molecule has 0 bridgehead atoms. The molecule has 2 heterocycles. The molecule has 4 nitrogen and oxygen atoms in total. The van der Waals surface area contributed by atoms with Gasteiger partial charge >= 0.3 is 0 Å². The van der Waals surface area contributed by atoms with E-state index in [2.05, 4.69) is 21.2 Å². The van der Waals surface area contributed by atoms with Crippen molar-refractivity contribution < 1.29 is 0 Å². The molecule has 17 heavy (non-hydrogen) atoms. The van der Waals surface area contributed by atoms with Gasteiger partial charge in [-0.2, -0.15) is 5.10 Å². The van der Waals surface area contributed by atoms with Crippen LogP contribution < -0.4 is 5.73 Å². The van der Waals surface area contributed by atoms with Gasteiger partial charge in [-0.05, 0) is 38.3 Å². The molecule has 4 heteroatoms. The van der Waals surface area contributed by atoms with Gasteiger partial charge < -0.3 is 5.73 Å². The SMILES string of the molecule is NC[C@H]1CCCCN1Cc1cc(C2CC2)n[nH]1. The van der Waals surface area contributed by atoms with Crippen LogP contribution in [-0.2, 0) is 6.54 Å². The highest BCUT2D eigenvalue weighted by molar-refractivity contribution is 5.17. The lowest BCUT2D eigenvalue weighted by Crippen LogP contribution is -2.43. The van der Waals surface area contributed by atoms with Crippen LogP contribution in [0.2, 0.25) is 0 Å². The minimum Gasteiger partial charge on any atom is -0.329 e. The van der Waals surface area contributed by atoms with Crippen LogP contribution >= 0.6 is 0 Å². The maximum Gasteiger partial charge on any atom is 0.0656 e. The Balaban J connectivity index is 1.63. The summed E-state index contributed by atoms with van der Waals surface area (Å²) in [5.74, 6) is 0.742. The third-order valence-electron chi connectivity index (χ3n) is 4.04. The number of likely N-dealkylation sites (tertiary alicyclic amines) is 1. The van der Waals surface area contributed by atoms with Crippen LogP contribution in [0.4, 0.5) is 0 Å². The topological polar surface area (TPSA) is 57.9 Å². The number of nitrogens with two attached hydrogens (primary N) is 1. The monoisotopic (exact) mass is 234 g/mol. The summed E-state index contributed by atoms with van der Waals surface area (Å²) in [6, 6.07) is 2.82. The highest BCUT2D eigenvalue weighted by atomic mass is 15.2. The molecule has 0 spiro atoms. The van der Waals surface area contributed by atoms with Gasteiger partial charge in [-0.15, -0.1) is 0 Å². The molecule has 1 aromatic heterocycles. The predicted molar refractivity (Wildman–Crippen MR) is 67.7 cm³/mol. The van der Waals surface area contributed by atoms with Crippen molar-refractivity contribution in [2.75, 3.05) is 13.1 Å². The molecule has 1 aliphatic carbocycles. The Kier molecular flexibility index (Phi) is 3.16. The fourth-order valence-electron chi connectivity index (χ4n) is 2.80. The minimum absolute atomic E-state index is 0.566. The summed E-state index contributed by atoms with van der Waals surface area (Å²) in [5, 5.41) is 7.60. The molecule has 1 saturated carbocycles. The number of rotatable bonds is 4. The van der Waals surface area contributed by atoms with Gasteiger partial charge in [0.15, 0.2) is 0 Å². The average Bonchev–Trinajstić information content (AvgIpc) is 3.11. The first-order valence-electron chi connectivity index (χ1n) is 6.85. The highest BCUT2D eigenvalue weighted by Crippen LogP contribution is 2.39. The van der Waals surface area contributed by atoms with E-state index in [0.717, 1.165) is 19.0 Å². The molecule has 2 fully saturated rings. The second kappa shape index (κ2) is 4.78. The van der Waals surface area contributed by atoms with E-state index >= 15 is 0 Å². The second-order valence-corrected chi connectivity index (χ2v) is 5.45. The number of aromatic amines is 1. The predicted octanol–water partition coefficient (Wildman–Crippen LogP) is 1.60. The summed E-state index contributed by atoms with van der Waals surface area (Å²) in [7, 11) is 0. The molecule has 94 valence electrons. The molecule has 1 aromatic rings. The fourth-order valence-corrected chi connectivity index (χ4v) is 2.80. The summed E-state index contributed by atoms with van der Waals surface area (Å²) in [5.41, 5.74) is 8.37. The van der Waals surface area contributed by atoms with Gasteiger partial charge in [0.1, 0.15) is 0 Å². The summed E-state index contributed by atoms with van der Waals surface area (Å²) in [6.45, 7) is 2.95. The van der Waals surface area contributed by atoms with Gasteiger partial charge in [0.2, 0.25) is 0 Å². The van der Waals surface area contributed by atoms with Crippen LogP contribution in [-0.4, -0.2) is 34.2 Å². The fraction of sp³-hybridized carbons (Fsp3) is 0.769. The lowest BCUT2D eigenvalue weighted by molar-refractivity contribution is 0.143. The van der Waals surface area contributed by atoms with E-state index in [1.54, 1.807) is 0 Å². The van der Waals surface area contributed by atoms with Gasteiger partial charge in [0.05, 0.1) is 5.69 Å². The number of nitrogens with one attached hydrogen (secondary N) is 1. The van der Waals surface area contributed by atoms with Crippen molar-refractivity contribution in [3.8, 4) is 0 Å². The van der Waals surface area contributed by atoms with Gasteiger partial charge in [0.25, 0.3) is 0 Å². The number of aromatic nitrogens is 2. The van der Waals surface area contributed by atoms with Crippen LogP contribution in [0.5, 0.6) is 0 Å². The molecule has 1 saturated heterocycles. The van der Waals surface area contributed by atoms with Crippen LogP contribution in [0.15, 0.2) is 6.07 Å². The van der Waals surface area contributed by atoms with Crippen molar-refractivity contribution in [1.29, 1.82) is 0 Å². The molecule has 0 radical (unpaired) electrons. The molecular weight excluding hydrogens is 212 g/mol. The number of hydrogen-bond acceptors (Lipinski definition) is 3. The second-order valence-electron chi connectivity index (χ2n) is 5.45. The molecular formula is C13H22N4. The van der Waals surface area contributed by atoms with Gasteiger partial charge in [-0.25, -0.2) is 0 Å². The lowest BCUT2D eigenvalue weighted by Gasteiger charge is -2.34. The Morgan fingerprint density at radius 3 is 3.00 bits per heavy atom. The van der Waals surface area contributed by atoms with Crippen molar-refractivity contribution in [3.63, 3.8) is 0 Å². The molecule has 2 aliphatic rings. The maximum absolute atomic E-state index is 5.84. The number of piperidine rings is 1. The van der Waals surface area contributed by atoms with Crippen LogP contribution in [0.1, 0.15) is 49.4 Å². The molecule has 1 atom stereocenters. The van der Waals surface area contributed by atoms with Crippen molar-refractivity contribution in [2.45, 2.75) is 50.6 Å². The lowest BCUT2D eigenvalue weighted by atomic mass is 10.0. The third kappa shape index (κ3) is 2.53. The Labute approximate surface area is 103 Å². The Morgan fingerprint density at radius 1 is 1.35 bits per heavy atom. The zero-order valence-corrected chi connectivity index (χ0v) is 10.4. The standard InChI is InChI=1S/C13H22N4/c14-8-12-3-1-2-6-17(12)9-11-7-13(16-15-11)10-4-5-10/h7,10,12H,1-6,8-9,14H2,(H,15,16)/t12-/m1/s1. The van der Waals surface area contributed by atoms with E-state index in [0.29, 0.717) is 6.04 Å². The van der Waals surface area contributed by atoms with E-state index in [-0.39, 0.29) is 0 Å². The van der Waals surface area contributed by atoms with E-state index in [1.165, 1.54) is 50.0 Å². The molecule has 3 rings (SSSR count). The van der Waals surface area contributed by atoms with Gasteiger partial charge in [-0.3, -0.25) is 10.00 Å². The normalized spacial score (nSPS) is 26.3. The molecule has 0 aromatic carbocycles. The zero-order valence-electron chi connectivity index (χ0n) is 10.4. The first-order valence-corrected chi connectivity index (χ1v) is 6.85. The third-order valence-corrected chi connectivity index (χ3v) is 4.04. The summed E-state index contributed by atoms with van der Waals surface area (Å²) in [4.78, 5) is 2.51. The van der Waals surface area contributed by atoms with E-state index in [9.17, 15) is 0 Å². The first-order chi connectivity index (χ1) is 8.36. The van der Waals surface area contributed by atoms with E-state index < -0.39 is 0 Å².